The van der Waals surface area contributed by atoms with E-state index in [-0.39, 0.29) is 11.3 Å². The molecule has 1 aromatic heterocycles. The molecule has 0 aliphatic heterocycles. The van der Waals surface area contributed by atoms with Gasteiger partial charge in [0.25, 0.3) is 5.91 Å². The van der Waals surface area contributed by atoms with Gasteiger partial charge >= 0.3 is 0 Å². The summed E-state index contributed by atoms with van der Waals surface area (Å²) in [6.45, 7) is 4.50. The highest BCUT2D eigenvalue weighted by molar-refractivity contribution is 7.17. The quantitative estimate of drug-likeness (QED) is 0.875. The van der Waals surface area contributed by atoms with Gasteiger partial charge in [0.15, 0.2) is 0 Å². The third-order valence-electron chi connectivity index (χ3n) is 4.16. The summed E-state index contributed by atoms with van der Waals surface area (Å²) in [6.07, 6.45) is 0.926. The molecular weight excluding hydrogens is 280 g/mol. The summed E-state index contributed by atoms with van der Waals surface area (Å²) < 4.78 is 0. The number of nitrogen functional groups attached to an aromatic ring is 1. The van der Waals surface area contributed by atoms with Crippen molar-refractivity contribution in [2.75, 3.05) is 19.8 Å². The molecule has 3 rings (SSSR count). The van der Waals surface area contributed by atoms with Crippen LogP contribution in [0.15, 0.2) is 24.3 Å². The molecule has 0 spiro atoms. The molecule has 3 nitrogen and oxygen atoms in total. The average Bonchev–Trinajstić information content (AvgIpc) is 2.73. The standard InChI is InChI=1S/C17H20N2OS/c1-17(2)9-12-13(10-7-5-6-8-11(10)17)14(15(18)21-12)16(20)19(3)4/h5-8H,9,18H2,1-4H3. The van der Waals surface area contributed by atoms with E-state index in [0.29, 0.717) is 10.6 Å². The Labute approximate surface area is 129 Å². The number of anilines is 1. The zero-order valence-electron chi connectivity index (χ0n) is 12.9. The molecule has 2 aromatic rings. The maximum Gasteiger partial charge on any atom is 0.256 e. The first-order valence-electron chi connectivity index (χ1n) is 7.05. The molecule has 0 bridgehead atoms. The average molecular weight is 300 g/mol. The van der Waals surface area contributed by atoms with Crippen molar-refractivity contribution >= 4 is 22.2 Å². The highest BCUT2D eigenvalue weighted by Crippen LogP contribution is 2.49. The molecule has 0 saturated carbocycles. The highest BCUT2D eigenvalue weighted by atomic mass is 32.1. The molecule has 1 aliphatic carbocycles. The van der Waals surface area contributed by atoms with Crippen LogP contribution in [0.4, 0.5) is 5.00 Å². The van der Waals surface area contributed by atoms with Gasteiger partial charge < -0.3 is 10.6 Å². The number of nitrogens with zero attached hydrogens (tertiary/aromatic N) is 1. The SMILES string of the molecule is CN(C)C(=O)c1c(N)sc2c1-c1ccccc1C(C)(C)C2. The number of thiophene rings is 1. The number of carbonyl (C=O) groups excluding carboxylic acids is 1. The van der Waals surface area contributed by atoms with Crippen LogP contribution in [0, 0.1) is 0 Å². The normalized spacial score (nSPS) is 15.2. The van der Waals surface area contributed by atoms with Gasteiger partial charge in [-0.05, 0) is 23.0 Å². The number of rotatable bonds is 1. The fourth-order valence-electron chi connectivity index (χ4n) is 3.13. The molecule has 2 N–H and O–H groups in total. The third kappa shape index (κ3) is 2.05. The van der Waals surface area contributed by atoms with E-state index in [1.807, 2.05) is 6.07 Å². The molecule has 21 heavy (non-hydrogen) atoms. The summed E-state index contributed by atoms with van der Waals surface area (Å²) in [7, 11) is 3.54. The minimum absolute atomic E-state index is 0.0143. The molecule has 1 amide bonds. The second-order valence-corrected chi connectivity index (χ2v) is 7.58. The highest BCUT2D eigenvalue weighted by Gasteiger charge is 2.36. The molecule has 0 fully saturated rings. The number of hydrogen-bond donors (Lipinski definition) is 1. The van der Waals surface area contributed by atoms with Gasteiger partial charge in [-0.3, -0.25) is 4.79 Å². The monoisotopic (exact) mass is 300 g/mol. The Kier molecular flexibility index (Phi) is 3.10. The van der Waals surface area contributed by atoms with Gasteiger partial charge in [0.05, 0.1) is 10.6 Å². The number of fused-ring (bicyclic) bond motifs is 3. The second-order valence-electron chi connectivity index (χ2n) is 6.45. The molecule has 1 heterocycles. The molecule has 0 unspecified atom stereocenters. The van der Waals surface area contributed by atoms with Crippen LogP contribution in [0.25, 0.3) is 11.1 Å². The van der Waals surface area contributed by atoms with E-state index < -0.39 is 0 Å². The van der Waals surface area contributed by atoms with E-state index in [1.165, 1.54) is 10.4 Å². The maximum atomic E-state index is 12.5. The summed E-state index contributed by atoms with van der Waals surface area (Å²) in [5.41, 5.74) is 10.4. The second kappa shape index (κ2) is 4.60. The number of nitrogens with two attached hydrogens (primary N) is 1. The van der Waals surface area contributed by atoms with Crippen molar-refractivity contribution in [1.82, 2.24) is 4.90 Å². The van der Waals surface area contributed by atoms with Crippen LogP contribution in [-0.4, -0.2) is 24.9 Å². The van der Waals surface area contributed by atoms with Gasteiger partial charge in [0.1, 0.15) is 0 Å². The summed E-state index contributed by atoms with van der Waals surface area (Å²) in [4.78, 5) is 15.3. The van der Waals surface area contributed by atoms with Crippen molar-refractivity contribution in [3.8, 4) is 11.1 Å². The molecule has 0 saturated heterocycles. The Morgan fingerprint density at radius 3 is 2.62 bits per heavy atom. The zero-order chi connectivity index (χ0) is 15.4. The van der Waals surface area contributed by atoms with Crippen molar-refractivity contribution < 1.29 is 4.79 Å². The number of amides is 1. The Morgan fingerprint density at radius 2 is 1.95 bits per heavy atom. The third-order valence-corrected chi connectivity index (χ3v) is 5.18. The van der Waals surface area contributed by atoms with Gasteiger partial charge in [-0.15, -0.1) is 11.3 Å². The van der Waals surface area contributed by atoms with E-state index in [1.54, 1.807) is 30.3 Å². The molecule has 0 radical (unpaired) electrons. The summed E-state index contributed by atoms with van der Waals surface area (Å²) in [5.74, 6) is -0.0143. The summed E-state index contributed by atoms with van der Waals surface area (Å²) >= 11 is 1.56. The Morgan fingerprint density at radius 1 is 1.29 bits per heavy atom. The Hall–Kier alpha value is -1.81. The molecular formula is C17H20N2OS. The van der Waals surface area contributed by atoms with Crippen LogP contribution >= 0.6 is 11.3 Å². The van der Waals surface area contributed by atoms with Crippen LogP contribution in [0.1, 0.15) is 34.6 Å². The van der Waals surface area contributed by atoms with Gasteiger partial charge in [-0.25, -0.2) is 0 Å². The van der Waals surface area contributed by atoms with E-state index >= 15 is 0 Å². The zero-order valence-corrected chi connectivity index (χ0v) is 13.7. The minimum atomic E-state index is -0.0143. The van der Waals surface area contributed by atoms with Crippen molar-refractivity contribution in [2.24, 2.45) is 0 Å². The summed E-state index contributed by atoms with van der Waals surface area (Å²) in [5, 5.41) is 0.631. The first-order chi connectivity index (χ1) is 9.83. The summed E-state index contributed by atoms with van der Waals surface area (Å²) in [6, 6.07) is 8.36. The van der Waals surface area contributed by atoms with Crippen LogP contribution in [0.5, 0.6) is 0 Å². The maximum absolute atomic E-state index is 12.5. The number of hydrogen-bond acceptors (Lipinski definition) is 3. The van der Waals surface area contributed by atoms with Crippen molar-refractivity contribution in [1.29, 1.82) is 0 Å². The van der Waals surface area contributed by atoms with Gasteiger partial charge in [0.2, 0.25) is 0 Å². The van der Waals surface area contributed by atoms with Crippen molar-refractivity contribution in [2.45, 2.75) is 25.7 Å². The van der Waals surface area contributed by atoms with Gasteiger partial charge in [0, 0.05) is 24.5 Å². The van der Waals surface area contributed by atoms with Gasteiger partial charge in [-0.1, -0.05) is 38.1 Å². The van der Waals surface area contributed by atoms with Crippen LogP contribution in [0.2, 0.25) is 0 Å². The minimum Gasteiger partial charge on any atom is -0.390 e. The smallest absolute Gasteiger partial charge is 0.256 e. The van der Waals surface area contributed by atoms with E-state index in [2.05, 4.69) is 32.0 Å². The lowest BCUT2D eigenvalue weighted by Gasteiger charge is -2.32. The Bertz CT molecular complexity index is 728. The topological polar surface area (TPSA) is 46.3 Å². The largest absolute Gasteiger partial charge is 0.390 e. The lowest BCUT2D eigenvalue weighted by atomic mass is 9.72. The Balaban J connectivity index is 2.31. The van der Waals surface area contributed by atoms with Crippen molar-refractivity contribution in [3.63, 3.8) is 0 Å². The van der Waals surface area contributed by atoms with Crippen LogP contribution in [-0.2, 0) is 11.8 Å². The van der Waals surface area contributed by atoms with Gasteiger partial charge in [-0.2, -0.15) is 0 Å². The lowest BCUT2D eigenvalue weighted by molar-refractivity contribution is 0.0829. The van der Waals surface area contributed by atoms with E-state index in [4.69, 9.17) is 5.73 Å². The van der Waals surface area contributed by atoms with E-state index in [9.17, 15) is 4.79 Å². The van der Waals surface area contributed by atoms with Crippen molar-refractivity contribution in [3.05, 3.63) is 40.3 Å². The van der Waals surface area contributed by atoms with E-state index in [0.717, 1.165) is 17.5 Å². The fraction of sp³-hybridized carbons (Fsp3) is 0.353. The molecule has 4 heteroatoms. The lowest BCUT2D eigenvalue weighted by Crippen LogP contribution is -2.27. The van der Waals surface area contributed by atoms with Crippen LogP contribution < -0.4 is 5.73 Å². The van der Waals surface area contributed by atoms with Crippen LogP contribution in [0.3, 0.4) is 0 Å². The molecule has 110 valence electrons. The first kappa shape index (κ1) is 14.1. The number of benzene rings is 1. The molecule has 0 atom stereocenters. The first-order valence-corrected chi connectivity index (χ1v) is 7.87. The predicted octanol–water partition coefficient (Wildman–Crippen LogP) is 3.53. The number of carbonyl (C=O) groups is 1. The molecule has 1 aromatic carbocycles. The predicted molar refractivity (Wildman–Crippen MR) is 88.9 cm³/mol. The molecule has 1 aliphatic rings. The fourth-order valence-corrected chi connectivity index (χ4v) is 4.43.